The largest absolute Gasteiger partial charge is 0.466 e. The minimum absolute atomic E-state index is 0.0263. The number of rotatable bonds is 53. The third-order valence-corrected chi connectivity index (χ3v) is 13.2. The van der Waals surface area contributed by atoms with E-state index < -0.39 is 12.1 Å². The second-order valence-electron chi connectivity index (χ2n) is 19.6. The SMILES string of the molecule is CCCCC/C=C\C/C=C\CCCCCCCCCCCC(=O)OCCCCC/C=C\CCCCCCCC(=O)NC(CO)C(O)CCCCCCCCCCCCCCCCCCC. The molecule has 0 saturated carbocycles. The van der Waals surface area contributed by atoms with Crippen molar-refractivity contribution < 1.29 is 24.5 Å². The van der Waals surface area contributed by atoms with E-state index >= 15 is 0 Å². The molecule has 0 aliphatic heterocycles. The maximum absolute atomic E-state index is 12.5. The number of nitrogens with one attached hydrogen (secondary N) is 1. The Kier molecular flexibility index (Phi) is 53.1. The maximum atomic E-state index is 12.5. The van der Waals surface area contributed by atoms with Crippen LogP contribution in [0.15, 0.2) is 36.5 Å². The van der Waals surface area contributed by atoms with Crippen molar-refractivity contribution in [1.29, 1.82) is 0 Å². The van der Waals surface area contributed by atoms with Gasteiger partial charge in [-0.05, 0) is 89.9 Å². The molecule has 0 rings (SSSR count). The van der Waals surface area contributed by atoms with Crippen LogP contribution in [0.3, 0.4) is 0 Å². The Balaban J connectivity index is 3.49. The van der Waals surface area contributed by atoms with E-state index in [-0.39, 0.29) is 18.5 Å². The van der Waals surface area contributed by atoms with Crippen LogP contribution < -0.4 is 5.32 Å². The zero-order valence-corrected chi connectivity index (χ0v) is 43.5. The Bertz CT molecular complexity index is 1060. The van der Waals surface area contributed by atoms with E-state index in [1.165, 1.54) is 186 Å². The summed E-state index contributed by atoms with van der Waals surface area (Å²) < 4.78 is 5.46. The molecule has 2 unspecified atom stereocenters. The molecular formula is C59H111NO5. The monoisotopic (exact) mass is 914 g/mol. The minimum atomic E-state index is -0.681. The summed E-state index contributed by atoms with van der Waals surface area (Å²) in [5.41, 5.74) is 0. The number of unbranched alkanes of at least 4 members (excludes halogenated alkanes) is 36. The second kappa shape index (κ2) is 54.7. The van der Waals surface area contributed by atoms with Crippen LogP contribution in [0.25, 0.3) is 0 Å². The average Bonchev–Trinajstić information content (AvgIpc) is 3.31. The van der Waals surface area contributed by atoms with Crippen molar-refractivity contribution in [2.75, 3.05) is 13.2 Å². The van der Waals surface area contributed by atoms with Crippen molar-refractivity contribution in [2.24, 2.45) is 0 Å². The molecule has 2 atom stereocenters. The molecule has 6 heteroatoms. The van der Waals surface area contributed by atoms with Crippen LogP contribution >= 0.6 is 0 Å². The molecule has 0 heterocycles. The van der Waals surface area contributed by atoms with E-state index in [0.29, 0.717) is 25.9 Å². The van der Waals surface area contributed by atoms with Crippen LogP contribution in [-0.2, 0) is 14.3 Å². The summed E-state index contributed by atoms with van der Waals surface area (Å²) >= 11 is 0. The zero-order valence-electron chi connectivity index (χ0n) is 43.5. The Morgan fingerprint density at radius 3 is 1.22 bits per heavy atom. The highest BCUT2D eigenvalue weighted by Crippen LogP contribution is 2.17. The van der Waals surface area contributed by atoms with Crippen LogP contribution in [-0.4, -0.2) is 47.4 Å². The summed E-state index contributed by atoms with van der Waals surface area (Å²) in [6.07, 6.45) is 67.0. The minimum Gasteiger partial charge on any atom is -0.466 e. The molecule has 0 aromatic carbocycles. The molecule has 0 aromatic rings. The summed E-state index contributed by atoms with van der Waals surface area (Å²) in [6, 6.07) is -0.561. The van der Waals surface area contributed by atoms with Gasteiger partial charge in [-0.1, -0.05) is 237 Å². The summed E-state index contributed by atoms with van der Waals surface area (Å²) in [7, 11) is 0. The van der Waals surface area contributed by atoms with Gasteiger partial charge in [-0.2, -0.15) is 0 Å². The molecule has 0 aliphatic carbocycles. The lowest BCUT2D eigenvalue weighted by molar-refractivity contribution is -0.143. The first kappa shape index (κ1) is 63.1. The Morgan fingerprint density at radius 2 is 0.769 bits per heavy atom. The van der Waals surface area contributed by atoms with E-state index in [4.69, 9.17) is 4.74 Å². The lowest BCUT2D eigenvalue weighted by atomic mass is 10.0. The molecule has 0 aromatic heterocycles. The molecule has 6 nitrogen and oxygen atoms in total. The fourth-order valence-corrected chi connectivity index (χ4v) is 8.72. The zero-order chi connectivity index (χ0) is 47.2. The normalized spacial score (nSPS) is 12.9. The highest BCUT2D eigenvalue weighted by Gasteiger charge is 2.20. The van der Waals surface area contributed by atoms with E-state index in [0.717, 1.165) is 83.5 Å². The van der Waals surface area contributed by atoms with Gasteiger partial charge in [0.1, 0.15) is 0 Å². The topological polar surface area (TPSA) is 95.9 Å². The van der Waals surface area contributed by atoms with Crippen LogP contribution in [0, 0.1) is 0 Å². The second-order valence-corrected chi connectivity index (χ2v) is 19.6. The fraction of sp³-hybridized carbons (Fsp3) is 0.864. The van der Waals surface area contributed by atoms with Crippen molar-refractivity contribution >= 4 is 11.9 Å². The predicted molar refractivity (Wildman–Crippen MR) is 283 cm³/mol. The molecule has 0 aliphatic rings. The van der Waals surface area contributed by atoms with Crippen LogP contribution in [0.1, 0.15) is 303 Å². The summed E-state index contributed by atoms with van der Waals surface area (Å²) in [5.74, 6) is -0.0862. The lowest BCUT2D eigenvalue weighted by Crippen LogP contribution is -2.45. The molecule has 0 fully saturated rings. The van der Waals surface area contributed by atoms with Crippen molar-refractivity contribution in [2.45, 2.75) is 315 Å². The van der Waals surface area contributed by atoms with E-state index in [2.05, 4.69) is 55.6 Å². The predicted octanol–water partition coefficient (Wildman–Crippen LogP) is 17.6. The fourth-order valence-electron chi connectivity index (χ4n) is 8.72. The van der Waals surface area contributed by atoms with Crippen molar-refractivity contribution in [3.8, 4) is 0 Å². The van der Waals surface area contributed by atoms with Crippen LogP contribution in [0.4, 0.5) is 0 Å². The van der Waals surface area contributed by atoms with Crippen molar-refractivity contribution in [3.05, 3.63) is 36.5 Å². The number of aliphatic hydroxyl groups is 2. The Labute approximate surface area is 404 Å². The molecule has 3 N–H and O–H groups in total. The van der Waals surface area contributed by atoms with Gasteiger partial charge >= 0.3 is 5.97 Å². The number of allylic oxidation sites excluding steroid dienone is 6. The van der Waals surface area contributed by atoms with E-state index in [9.17, 15) is 19.8 Å². The standard InChI is InChI=1S/C59H111NO5/c1-3-5-7-9-11-13-15-17-19-21-22-24-26-28-33-37-41-45-49-53-59(64)65-54-50-46-42-38-34-30-29-32-36-40-44-48-52-58(63)60-56(55-61)57(62)51-47-43-39-35-31-27-25-23-20-18-16-14-12-10-8-6-4-2/h11,13,17,19,30,34,56-57,61-62H,3-10,12,14-16,18,20-29,31-33,35-55H2,1-2H3,(H,60,63)/b13-11-,19-17-,34-30-. The third kappa shape index (κ3) is 51.3. The first-order valence-electron chi connectivity index (χ1n) is 28.7. The Hall–Kier alpha value is -1.92. The number of ether oxygens (including phenoxy) is 1. The maximum Gasteiger partial charge on any atom is 0.305 e. The molecule has 0 saturated heterocycles. The summed E-state index contributed by atoms with van der Waals surface area (Å²) in [6.45, 7) is 4.88. The van der Waals surface area contributed by atoms with Gasteiger partial charge in [0.15, 0.2) is 0 Å². The highest BCUT2D eigenvalue weighted by molar-refractivity contribution is 5.76. The average molecular weight is 915 g/mol. The molecule has 382 valence electrons. The summed E-state index contributed by atoms with van der Waals surface area (Å²) in [4.78, 5) is 24.6. The number of amides is 1. The Morgan fingerprint density at radius 1 is 0.431 bits per heavy atom. The van der Waals surface area contributed by atoms with Gasteiger partial charge in [-0.15, -0.1) is 0 Å². The van der Waals surface area contributed by atoms with Crippen LogP contribution in [0.2, 0.25) is 0 Å². The molecule has 0 spiro atoms. The van der Waals surface area contributed by atoms with Crippen LogP contribution in [0.5, 0.6) is 0 Å². The quantitative estimate of drug-likeness (QED) is 0.0321. The van der Waals surface area contributed by atoms with Gasteiger partial charge in [0.25, 0.3) is 0 Å². The highest BCUT2D eigenvalue weighted by atomic mass is 16.5. The van der Waals surface area contributed by atoms with Gasteiger partial charge in [0.2, 0.25) is 5.91 Å². The third-order valence-electron chi connectivity index (χ3n) is 13.2. The first-order valence-corrected chi connectivity index (χ1v) is 28.7. The molecular weight excluding hydrogens is 803 g/mol. The number of hydrogen-bond acceptors (Lipinski definition) is 5. The number of aliphatic hydroxyl groups excluding tert-OH is 2. The molecule has 0 bridgehead atoms. The summed E-state index contributed by atoms with van der Waals surface area (Å²) in [5, 5.41) is 23.3. The number of hydrogen-bond donors (Lipinski definition) is 3. The number of carbonyl (C=O) groups is 2. The van der Waals surface area contributed by atoms with Gasteiger partial charge in [0, 0.05) is 12.8 Å². The van der Waals surface area contributed by atoms with Gasteiger partial charge < -0.3 is 20.3 Å². The van der Waals surface area contributed by atoms with E-state index in [1.807, 2.05) is 0 Å². The molecule has 1 amide bonds. The molecule has 0 radical (unpaired) electrons. The number of esters is 1. The van der Waals surface area contributed by atoms with E-state index in [1.54, 1.807) is 0 Å². The lowest BCUT2D eigenvalue weighted by Gasteiger charge is -2.22. The van der Waals surface area contributed by atoms with Crippen molar-refractivity contribution in [3.63, 3.8) is 0 Å². The van der Waals surface area contributed by atoms with Gasteiger partial charge in [0.05, 0.1) is 25.4 Å². The number of carbonyl (C=O) groups excluding carboxylic acids is 2. The van der Waals surface area contributed by atoms with Gasteiger partial charge in [-0.25, -0.2) is 0 Å². The van der Waals surface area contributed by atoms with Gasteiger partial charge in [-0.3, -0.25) is 9.59 Å². The van der Waals surface area contributed by atoms with Crippen molar-refractivity contribution in [1.82, 2.24) is 5.32 Å². The first-order chi connectivity index (χ1) is 32.0. The smallest absolute Gasteiger partial charge is 0.305 e. The molecule has 65 heavy (non-hydrogen) atoms.